The van der Waals surface area contributed by atoms with Gasteiger partial charge in [-0.25, -0.2) is 4.98 Å². The molecule has 1 unspecified atom stereocenters. The molecule has 24 heavy (non-hydrogen) atoms. The van der Waals surface area contributed by atoms with Crippen molar-refractivity contribution in [3.63, 3.8) is 0 Å². The van der Waals surface area contributed by atoms with Crippen LogP contribution in [0.1, 0.15) is 6.92 Å². The number of methoxy groups -OCH3 is 1. The standard InChI is InChI=1S/C17H25N5O.HI/c1-13(12-23-3)21-17(18-2)20-11-10-19-16-9-8-14-6-4-5-7-15(14)22-16;/h4-9,13H,10-12H2,1-3H3,(H,19,22)(H2,18,20,21);1H. The molecule has 1 atom stereocenters. The molecule has 2 aromatic rings. The average molecular weight is 443 g/mol. The molecule has 0 bridgehead atoms. The largest absolute Gasteiger partial charge is 0.383 e. The Morgan fingerprint density at radius 2 is 2.00 bits per heavy atom. The van der Waals surface area contributed by atoms with Gasteiger partial charge in [0.05, 0.1) is 12.1 Å². The Bertz CT molecular complexity index is 650. The predicted molar refractivity (Wildman–Crippen MR) is 111 cm³/mol. The minimum absolute atomic E-state index is 0. The van der Waals surface area contributed by atoms with Crippen molar-refractivity contribution in [2.24, 2.45) is 4.99 Å². The molecule has 0 aliphatic rings. The zero-order valence-electron chi connectivity index (χ0n) is 14.4. The molecule has 0 aliphatic carbocycles. The van der Waals surface area contributed by atoms with Crippen LogP contribution in [0.5, 0.6) is 0 Å². The van der Waals surface area contributed by atoms with E-state index in [-0.39, 0.29) is 30.0 Å². The van der Waals surface area contributed by atoms with Gasteiger partial charge in [0.15, 0.2) is 5.96 Å². The molecule has 0 saturated heterocycles. The summed E-state index contributed by atoms with van der Waals surface area (Å²) >= 11 is 0. The normalized spacial score (nSPS) is 12.4. The number of aromatic nitrogens is 1. The Kier molecular flexibility index (Phi) is 9.39. The zero-order chi connectivity index (χ0) is 16.5. The fourth-order valence-corrected chi connectivity index (χ4v) is 2.26. The molecule has 0 aliphatic heterocycles. The third-order valence-electron chi connectivity index (χ3n) is 3.35. The maximum atomic E-state index is 5.10. The second-order valence-corrected chi connectivity index (χ2v) is 5.32. The first-order chi connectivity index (χ1) is 11.2. The second-order valence-electron chi connectivity index (χ2n) is 5.32. The van der Waals surface area contributed by atoms with Crippen LogP contribution in [0.3, 0.4) is 0 Å². The van der Waals surface area contributed by atoms with Gasteiger partial charge in [-0.05, 0) is 25.1 Å². The molecule has 1 aromatic carbocycles. The van der Waals surface area contributed by atoms with E-state index in [4.69, 9.17) is 4.74 Å². The van der Waals surface area contributed by atoms with Crippen molar-refractivity contribution in [1.82, 2.24) is 15.6 Å². The third-order valence-corrected chi connectivity index (χ3v) is 3.35. The first-order valence-corrected chi connectivity index (χ1v) is 7.78. The van der Waals surface area contributed by atoms with E-state index in [1.165, 1.54) is 0 Å². The molecule has 0 fully saturated rings. The number of para-hydroxylation sites is 1. The maximum Gasteiger partial charge on any atom is 0.191 e. The van der Waals surface area contributed by atoms with Crippen LogP contribution in [-0.2, 0) is 4.74 Å². The van der Waals surface area contributed by atoms with Crippen LogP contribution in [0, 0.1) is 0 Å². The van der Waals surface area contributed by atoms with Gasteiger partial charge in [-0.15, -0.1) is 24.0 Å². The molecule has 6 nitrogen and oxygen atoms in total. The van der Waals surface area contributed by atoms with E-state index in [1.807, 2.05) is 31.2 Å². The lowest BCUT2D eigenvalue weighted by Crippen LogP contribution is -2.45. The molecule has 1 heterocycles. The number of nitrogens with one attached hydrogen (secondary N) is 3. The maximum absolute atomic E-state index is 5.10. The van der Waals surface area contributed by atoms with Gasteiger partial charge >= 0.3 is 0 Å². The van der Waals surface area contributed by atoms with E-state index in [0.29, 0.717) is 6.61 Å². The predicted octanol–water partition coefficient (Wildman–Crippen LogP) is 2.46. The topological polar surface area (TPSA) is 70.6 Å². The van der Waals surface area contributed by atoms with Crippen LogP contribution >= 0.6 is 24.0 Å². The zero-order valence-corrected chi connectivity index (χ0v) is 16.7. The third kappa shape index (κ3) is 6.48. The van der Waals surface area contributed by atoms with Crippen molar-refractivity contribution in [1.29, 1.82) is 0 Å². The Morgan fingerprint density at radius 1 is 1.21 bits per heavy atom. The Hall–Kier alpha value is -1.61. The van der Waals surface area contributed by atoms with Crippen molar-refractivity contribution in [2.45, 2.75) is 13.0 Å². The quantitative estimate of drug-likeness (QED) is 0.266. The fraction of sp³-hybridized carbons (Fsp3) is 0.412. The molecule has 2 rings (SSSR count). The van der Waals surface area contributed by atoms with E-state index < -0.39 is 0 Å². The van der Waals surface area contributed by atoms with Gasteiger partial charge in [-0.3, -0.25) is 4.99 Å². The number of rotatable bonds is 7. The van der Waals surface area contributed by atoms with Crippen molar-refractivity contribution in [3.8, 4) is 0 Å². The monoisotopic (exact) mass is 443 g/mol. The number of aliphatic imine (C=N–C) groups is 1. The number of anilines is 1. The van der Waals surface area contributed by atoms with Crippen LogP contribution in [0.4, 0.5) is 5.82 Å². The molecular formula is C17H26IN5O. The summed E-state index contributed by atoms with van der Waals surface area (Å²) in [5.41, 5.74) is 0.997. The lowest BCUT2D eigenvalue weighted by molar-refractivity contribution is 0.179. The molecule has 3 N–H and O–H groups in total. The number of pyridine rings is 1. The summed E-state index contributed by atoms with van der Waals surface area (Å²) in [7, 11) is 3.45. The highest BCUT2D eigenvalue weighted by atomic mass is 127. The average Bonchev–Trinajstić information content (AvgIpc) is 2.57. The highest BCUT2D eigenvalue weighted by molar-refractivity contribution is 14.0. The molecular weight excluding hydrogens is 417 g/mol. The molecule has 0 saturated carbocycles. The SMILES string of the molecule is CN=C(NCCNc1ccc2ccccc2n1)NC(C)COC.I. The van der Waals surface area contributed by atoms with Crippen LogP contribution in [0.2, 0.25) is 0 Å². The van der Waals surface area contributed by atoms with Crippen LogP contribution in [0.25, 0.3) is 10.9 Å². The highest BCUT2D eigenvalue weighted by Gasteiger charge is 2.04. The molecule has 0 spiro atoms. The summed E-state index contributed by atoms with van der Waals surface area (Å²) in [6.45, 7) is 4.19. The van der Waals surface area contributed by atoms with Crippen molar-refractivity contribution in [2.75, 3.05) is 39.2 Å². The van der Waals surface area contributed by atoms with Gasteiger partial charge in [0, 0.05) is 38.7 Å². The summed E-state index contributed by atoms with van der Waals surface area (Å²) in [5, 5.41) is 11.0. The van der Waals surface area contributed by atoms with E-state index in [1.54, 1.807) is 14.2 Å². The molecule has 1 aromatic heterocycles. The number of ether oxygens (including phenoxy) is 1. The minimum atomic E-state index is 0. The van der Waals surface area contributed by atoms with Gasteiger partial charge in [0.25, 0.3) is 0 Å². The Balaban J connectivity index is 0.00000288. The van der Waals surface area contributed by atoms with E-state index in [2.05, 4.69) is 38.1 Å². The number of fused-ring (bicyclic) bond motifs is 1. The van der Waals surface area contributed by atoms with Crippen LogP contribution in [-0.4, -0.2) is 50.8 Å². The van der Waals surface area contributed by atoms with E-state index in [9.17, 15) is 0 Å². The van der Waals surface area contributed by atoms with Crippen LogP contribution in [0.15, 0.2) is 41.4 Å². The molecule has 132 valence electrons. The second kappa shape index (κ2) is 11.0. The first kappa shape index (κ1) is 20.4. The summed E-state index contributed by atoms with van der Waals surface area (Å²) in [6, 6.07) is 12.4. The number of hydrogen-bond donors (Lipinski definition) is 3. The summed E-state index contributed by atoms with van der Waals surface area (Å²) in [6.07, 6.45) is 0. The minimum Gasteiger partial charge on any atom is -0.383 e. The lowest BCUT2D eigenvalue weighted by atomic mass is 10.2. The van der Waals surface area contributed by atoms with Gasteiger partial charge in [-0.2, -0.15) is 0 Å². The van der Waals surface area contributed by atoms with Crippen LogP contribution < -0.4 is 16.0 Å². The number of hydrogen-bond acceptors (Lipinski definition) is 4. The van der Waals surface area contributed by atoms with E-state index in [0.717, 1.165) is 35.8 Å². The number of benzene rings is 1. The molecule has 0 amide bonds. The number of guanidine groups is 1. The molecule has 0 radical (unpaired) electrons. The number of halogens is 1. The van der Waals surface area contributed by atoms with Crippen molar-refractivity contribution in [3.05, 3.63) is 36.4 Å². The summed E-state index contributed by atoms with van der Waals surface area (Å²) < 4.78 is 5.10. The molecule has 7 heteroatoms. The van der Waals surface area contributed by atoms with Gasteiger partial charge < -0.3 is 20.7 Å². The van der Waals surface area contributed by atoms with Crippen molar-refractivity contribution < 1.29 is 4.74 Å². The van der Waals surface area contributed by atoms with E-state index >= 15 is 0 Å². The van der Waals surface area contributed by atoms with Gasteiger partial charge in [0.2, 0.25) is 0 Å². The highest BCUT2D eigenvalue weighted by Crippen LogP contribution is 2.13. The Morgan fingerprint density at radius 3 is 2.75 bits per heavy atom. The smallest absolute Gasteiger partial charge is 0.191 e. The fourth-order valence-electron chi connectivity index (χ4n) is 2.26. The summed E-state index contributed by atoms with van der Waals surface area (Å²) in [5.74, 6) is 1.64. The lowest BCUT2D eigenvalue weighted by Gasteiger charge is -2.17. The van der Waals surface area contributed by atoms with Gasteiger partial charge in [0.1, 0.15) is 5.82 Å². The van der Waals surface area contributed by atoms with Crippen molar-refractivity contribution >= 4 is 46.7 Å². The Labute approximate surface area is 160 Å². The summed E-state index contributed by atoms with van der Waals surface area (Å²) in [4.78, 5) is 8.77. The van der Waals surface area contributed by atoms with Gasteiger partial charge in [-0.1, -0.05) is 18.2 Å². The first-order valence-electron chi connectivity index (χ1n) is 7.78. The number of nitrogens with zero attached hydrogens (tertiary/aromatic N) is 2.